The lowest BCUT2D eigenvalue weighted by Crippen LogP contribution is -2.46. The van der Waals surface area contributed by atoms with Gasteiger partial charge >= 0.3 is 0 Å². The van der Waals surface area contributed by atoms with Crippen LogP contribution in [0.25, 0.3) is 0 Å². The van der Waals surface area contributed by atoms with Gasteiger partial charge in [-0.15, -0.1) is 10.2 Å². The molecule has 0 atom stereocenters. The van der Waals surface area contributed by atoms with Crippen molar-refractivity contribution in [1.82, 2.24) is 25.4 Å². The number of nitrogens with zero attached hydrogens (tertiary/aromatic N) is 4. The molecule has 0 unspecified atom stereocenters. The summed E-state index contributed by atoms with van der Waals surface area (Å²) in [5.41, 5.74) is 1.56. The third kappa shape index (κ3) is 4.69. The van der Waals surface area contributed by atoms with Gasteiger partial charge in [0.2, 0.25) is 0 Å². The molecule has 0 amide bonds. The Labute approximate surface area is 170 Å². The van der Waals surface area contributed by atoms with Crippen molar-refractivity contribution in [1.29, 1.82) is 0 Å². The fourth-order valence-electron chi connectivity index (χ4n) is 3.86. The Bertz CT molecular complexity index is 792. The highest BCUT2D eigenvalue weighted by molar-refractivity contribution is 9.10. The molecule has 1 aliphatic carbocycles. The highest BCUT2D eigenvalue weighted by Gasteiger charge is 2.34. The lowest BCUT2D eigenvalue weighted by molar-refractivity contribution is 0.291. The zero-order chi connectivity index (χ0) is 19.3. The van der Waals surface area contributed by atoms with Gasteiger partial charge in [0.1, 0.15) is 5.82 Å². The SMILES string of the molecule is CN=C(NCc1nnc(C)n1C)NCC1(c2cccc(Br)c2)CCCCC1. The minimum atomic E-state index is 0.154. The number of guanidine groups is 1. The molecule has 1 aromatic carbocycles. The first kappa shape index (κ1) is 19.9. The van der Waals surface area contributed by atoms with Crippen LogP contribution in [0.5, 0.6) is 0 Å². The molecule has 1 fully saturated rings. The number of aryl methyl sites for hydroxylation is 1. The molecular formula is C20H29BrN6. The predicted octanol–water partition coefficient (Wildman–Crippen LogP) is 3.45. The molecule has 1 heterocycles. The normalized spacial score (nSPS) is 17.0. The quantitative estimate of drug-likeness (QED) is 0.560. The molecular weight excluding hydrogens is 404 g/mol. The minimum absolute atomic E-state index is 0.154. The lowest BCUT2D eigenvalue weighted by Gasteiger charge is -2.38. The number of nitrogens with one attached hydrogen (secondary N) is 2. The summed E-state index contributed by atoms with van der Waals surface area (Å²) in [5, 5.41) is 15.2. The lowest BCUT2D eigenvalue weighted by atomic mass is 9.69. The number of halogens is 1. The van der Waals surface area contributed by atoms with Crippen molar-refractivity contribution in [2.75, 3.05) is 13.6 Å². The topological polar surface area (TPSA) is 67.1 Å². The van der Waals surface area contributed by atoms with Crippen molar-refractivity contribution in [3.05, 3.63) is 46.0 Å². The molecule has 0 bridgehead atoms. The zero-order valence-electron chi connectivity index (χ0n) is 16.4. The molecule has 0 spiro atoms. The van der Waals surface area contributed by atoms with E-state index in [0.717, 1.165) is 28.6 Å². The van der Waals surface area contributed by atoms with Crippen LogP contribution in [0.1, 0.15) is 49.3 Å². The third-order valence-corrected chi connectivity index (χ3v) is 6.16. The first-order valence-corrected chi connectivity index (χ1v) is 10.4. The van der Waals surface area contributed by atoms with Crippen LogP contribution in [-0.2, 0) is 19.0 Å². The molecule has 0 radical (unpaired) electrons. The Balaban J connectivity index is 1.67. The van der Waals surface area contributed by atoms with Crippen LogP contribution in [0.4, 0.5) is 0 Å². The summed E-state index contributed by atoms with van der Waals surface area (Å²) in [5.74, 6) is 2.61. The van der Waals surface area contributed by atoms with Crippen molar-refractivity contribution < 1.29 is 0 Å². The average molecular weight is 433 g/mol. The monoisotopic (exact) mass is 432 g/mol. The number of hydrogen-bond donors (Lipinski definition) is 2. The molecule has 146 valence electrons. The molecule has 7 heteroatoms. The van der Waals surface area contributed by atoms with Gasteiger partial charge in [-0.1, -0.05) is 47.3 Å². The van der Waals surface area contributed by atoms with Crippen LogP contribution in [-0.4, -0.2) is 34.3 Å². The van der Waals surface area contributed by atoms with Crippen LogP contribution < -0.4 is 10.6 Å². The van der Waals surface area contributed by atoms with Gasteiger partial charge in [-0.05, 0) is 37.5 Å². The van der Waals surface area contributed by atoms with Gasteiger partial charge in [-0.25, -0.2) is 0 Å². The fourth-order valence-corrected chi connectivity index (χ4v) is 4.25. The summed E-state index contributed by atoms with van der Waals surface area (Å²) in [6.45, 7) is 3.43. The molecule has 2 aromatic rings. The van der Waals surface area contributed by atoms with E-state index in [1.54, 1.807) is 0 Å². The van der Waals surface area contributed by atoms with Gasteiger partial charge in [0.15, 0.2) is 11.8 Å². The van der Waals surface area contributed by atoms with E-state index < -0.39 is 0 Å². The van der Waals surface area contributed by atoms with Gasteiger partial charge in [0.05, 0.1) is 6.54 Å². The summed E-state index contributed by atoms with van der Waals surface area (Å²) >= 11 is 3.63. The van der Waals surface area contributed by atoms with Crippen LogP contribution in [0.3, 0.4) is 0 Å². The van der Waals surface area contributed by atoms with Crippen LogP contribution in [0.2, 0.25) is 0 Å². The van der Waals surface area contributed by atoms with Gasteiger partial charge in [0.25, 0.3) is 0 Å². The summed E-state index contributed by atoms with van der Waals surface area (Å²) < 4.78 is 3.13. The maximum absolute atomic E-state index is 4.39. The molecule has 6 nitrogen and oxygen atoms in total. The van der Waals surface area contributed by atoms with E-state index in [2.05, 4.69) is 66.0 Å². The molecule has 2 N–H and O–H groups in total. The van der Waals surface area contributed by atoms with Crippen molar-refractivity contribution in [3.8, 4) is 0 Å². The largest absolute Gasteiger partial charge is 0.356 e. The minimum Gasteiger partial charge on any atom is -0.356 e. The molecule has 1 aliphatic rings. The van der Waals surface area contributed by atoms with Crippen LogP contribution in [0.15, 0.2) is 33.7 Å². The third-order valence-electron chi connectivity index (χ3n) is 5.66. The molecule has 1 saturated carbocycles. The van der Waals surface area contributed by atoms with E-state index in [4.69, 9.17) is 0 Å². The van der Waals surface area contributed by atoms with E-state index in [-0.39, 0.29) is 5.41 Å². The maximum Gasteiger partial charge on any atom is 0.191 e. The van der Waals surface area contributed by atoms with Gasteiger partial charge < -0.3 is 15.2 Å². The number of aliphatic imine (C=N–C) groups is 1. The predicted molar refractivity (Wildman–Crippen MR) is 113 cm³/mol. The Morgan fingerprint density at radius 2 is 2.00 bits per heavy atom. The van der Waals surface area contributed by atoms with E-state index in [1.165, 1.54) is 37.7 Å². The highest BCUT2D eigenvalue weighted by Crippen LogP contribution is 2.39. The smallest absolute Gasteiger partial charge is 0.191 e. The second-order valence-corrected chi connectivity index (χ2v) is 8.27. The van der Waals surface area contributed by atoms with Crippen LogP contribution >= 0.6 is 15.9 Å². The van der Waals surface area contributed by atoms with Gasteiger partial charge in [0, 0.05) is 30.5 Å². The fraction of sp³-hybridized carbons (Fsp3) is 0.550. The summed E-state index contributed by atoms with van der Waals surface area (Å²) in [7, 11) is 3.79. The van der Waals surface area contributed by atoms with Crippen molar-refractivity contribution in [3.63, 3.8) is 0 Å². The van der Waals surface area contributed by atoms with Crippen molar-refractivity contribution >= 4 is 21.9 Å². The second kappa shape index (κ2) is 8.87. The maximum atomic E-state index is 4.39. The Hall–Kier alpha value is -1.89. The molecule has 1 aromatic heterocycles. The van der Waals surface area contributed by atoms with Crippen LogP contribution in [0, 0.1) is 6.92 Å². The summed E-state index contributed by atoms with van der Waals surface area (Å²) in [6.07, 6.45) is 6.29. The second-order valence-electron chi connectivity index (χ2n) is 7.35. The zero-order valence-corrected chi connectivity index (χ0v) is 18.0. The molecule has 0 saturated heterocycles. The first-order chi connectivity index (χ1) is 13.0. The van der Waals surface area contributed by atoms with E-state index in [9.17, 15) is 0 Å². The Morgan fingerprint density at radius 3 is 2.63 bits per heavy atom. The molecule has 3 rings (SSSR count). The van der Waals surface area contributed by atoms with Crippen molar-refractivity contribution in [2.24, 2.45) is 12.0 Å². The Morgan fingerprint density at radius 1 is 1.22 bits per heavy atom. The van der Waals surface area contributed by atoms with Gasteiger partial charge in [-0.2, -0.15) is 0 Å². The highest BCUT2D eigenvalue weighted by atomic mass is 79.9. The average Bonchev–Trinajstić information content (AvgIpc) is 3.01. The van der Waals surface area contributed by atoms with E-state index in [0.29, 0.717) is 6.54 Å². The molecule has 0 aliphatic heterocycles. The number of rotatable bonds is 5. The van der Waals surface area contributed by atoms with E-state index in [1.807, 2.05) is 25.6 Å². The number of aromatic nitrogens is 3. The number of hydrogen-bond acceptors (Lipinski definition) is 3. The van der Waals surface area contributed by atoms with Crippen molar-refractivity contribution in [2.45, 2.75) is 51.0 Å². The van der Waals surface area contributed by atoms with Gasteiger partial charge in [-0.3, -0.25) is 4.99 Å². The first-order valence-electron chi connectivity index (χ1n) is 9.59. The molecule has 27 heavy (non-hydrogen) atoms. The Kier molecular flexibility index (Phi) is 6.52. The summed E-state index contributed by atoms with van der Waals surface area (Å²) in [4.78, 5) is 4.39. The summed E-state index contributed by atoms with van der Waals surface area (Å²) in [6, 6.07) is 8.76. The number of benzene rings is 1. The standard InChI is InChI=1S/C20H29BrN6/c1-15-25-26-18(27(15)3)13-23-19(22-2)24-14-20(10-5-4-6-11-20)16-8-7-9-17(21)12-16/h7-9,12H,4-6,10-11,13-14H2,1-3H3,(H2,22,23,24). The van der Waals surface area contributed by atoms with E-state index >= 15 is 0 Å².